The van der Waals surface area contributed by atoms with Gasteiger partial charge >= 0.3 is 0 Å². The number of oxazole rings is 1. The van der Waals surface area contributed by atoms with E-state index in [0.717, 1.165) is 77.9 Å². The third kappa shape index (κ3) is 6.88. The second-order valence-corrected chi connectivity index (χ2v) is 18.2. The first-order chi connectivity index (χ1) is 33.7. The quantitative estimate of drug-likeness (QED) is 0.135. The lowest BCUT2D eigenvalue weighted by molar-refractivity contribution is 0.623. The average molecular weight is 888 g/mol. The minimum Gasteiger partial charge on any atom is -0.435 e. The molecule has 0 unspecified atom stereocenters. The molecule has 11 aromatic carbocycles. The van der Waals surface area contributed by atoms with Crippen molar-refractivity contribution >= 4 is 98.3 Å². The molecular formula is C63H41N3OS. The van der Waals surface area contributed by atoms with E-state index in [9.17, 15) is 0 Å². The Balaban J connectivity index is 0.944. The molecule has 0 fully saturated rings. The van der Waals surface area contributed by atoms with Crippen LogP contribution >= 0.6 is 11.3 Å². The zero-order valence-corrected chi connectivity index (χ0v) is 37.6. The molecule has 5 heteroatoms. The van der Waals surface area contributed by atoms with E-state index in [-0.39, 0.29) is 0 Å². The summed E-state index contributed by atoms with van der Waals surface area (Å²) in [6, 6.07) is 88.7. The Morgan fingerprint density at radius 2 is 0.794 bits per heavy atom. The Morgan fingerprint density at radius 1 is 0.309 bits per heavy atom. The molecule has 2 aromatic heterocycles. The maximum Gasteiger partial charge on any atom is 0.227 e. The monoisotopic (exact) mass is 887 g/mol. The van der Waals surface area contributed by atoms with Crippen LogP contribution in [-0.4, -0.2) is 4.98 Å². The van der Waals surface area contributed by atoms with Crippen LogP contribution in [0.3, 0.4) is 0 Å². The van der Waals surface area contributed by atoms with Crippen LogP contribution in [0.25, 0.3) is 86.5 Å². The van der Waals surface area contributed by atoms with E-state index < -0.39 is 0 Å². The Bertz CT molecular complexity index is 3940. The molecule has 0 amide bonds. The molecule has 13 rings (SSSR count). The number of hydrogen-bond acceptors (Lipinski definition) is 5. The molecule has 4 nitrogen and oxygen atoms in total. The molecule has 0 aliphatic rings. The standard InChI is InChI=1S/C63H41N3OS/c1-4-17-42(18-5-1)51-25-10-11-26-52(51)43-31-33-47(34-32-43)66(50-36-38-60-58(41-50)54-28-14-15-30-59(54)68-60)48-24-16-19-44(39-48)63-64-61-55-37-35-49(40-57(55)53-27-12-13-29-56(53)62(61)67-63)65(45-20-6-2-7-21-45)46-22-8-3-9-23-46/h1-41H. The van der Waals surface area contributed by atoms with Crippen molar-refractivity contribution in [3.8, 4) is 33.7 Å². The van der Waals surface area contributed by atoms with Gasteiger partial charge < -0.3 is 14.2 Å². The molecule has 0 radical (unpaired) electrons. The molecule has 0 bridgehead atoms. The molecule has 68 heavy (non-hydrogen) atoms. The number of fused-ring (bicyclic) bond motifs is 9. The third-order valence-electron chi connectivity index (χ3n) is 13.1. The van der Waals surface area contributed by atoms with E-state index in [2.05, 4.69) is 259 Å². The van der Waals surface area contributed by atoms with E-state index >= 15 is 0 Å². The highest BCUT2D eigenvalue weighted by atomic mass is 32.1. The second kappa shape index (κ2) is 16.6. The summed E-state index contributed by atoms with van der Waals surface area (Å²) in [5, 5.41) is 6.82. The molecule has 2 heterocycles. The average Bonchev–Trinajstić information content (AvgIpc) is 4.03. The minimum absolute atomic E-state index is 0.575. The van der Waals surface area contributed by atoms with Crippen LogP contribution in [0.1, 0.15) is 0 Å². The minimum atomic E-state index is 0.575. The zero-order chi connectivity index (χ0) is 45.0. The van der Waals surface area contributed by atoms with Crippen LogP contribution in [0.2, 0.25) is 0 Å². The lowest BCUT2D eigenvalue weighted by Gasteiger charge is -2.26. The molecule has 0 spiro atoms. The van der Waals surface area contributed by atoms with Crippen molar-refractivity contribution in [1.29, 1.82) is 0 Å². The topological polar surface area (TPSA) is 32.5 Å². The summed E-state index contributed by atoms with van der Waals surface area (Å²) >= 11 is 1.83. The van der Waals surface area contributed by atoms with Gasteiger partial charge in [-0.05, 0) is 130 Å². The number of hydrogen-bond donors (Lipinski definition) is 0. The van der Waals surface area contributed by atoms with E-state index in [0.29, 0.717) is 5.89 Å². The fourth-order valence-electron chi connectivity index (χ4n) is 9.90. The van der Waals surface area contributed by atoms with Gasteiger partial charge in [0.1, 0.15) is 5.52 Å². The summed E-state index contributed by atoms with van der Waals surface area (Å²) in [7, 11) is 0. The fourth-order valence-corrected chi connectivity index (χ4v) is 11.0. The Morgan fingerprint density at radius 3 is 1.51 bits per heavy atom. The van der Waals surface area contributed by atoms with Crippen LogP contribution in [0.15, 0.2) is 253 Å². The van der Waals surface area contributed by atoms with Gasteiger partial charge in [0, 0.05) is 70.6 Å². The third-order valence-corrected chi connectivity index (χ3v) is 14.2. The van der Waals surface area contributed by atoms with Crippen molar-refractivity contribution in [2.45, 2.75) is 0 Å². The summed E-state index contributed by atoms with van der Waals surface area (Å²) in [5.74, 6) is 0.575. The largest absolute Gasteiger partial charge is 0.435 e. The van der Waals surface area contributed by atoms with Crippen molar-refractivity contribution in [2.75, 3.05) is 9.80 Å². The summed E-state index contributed by atoms with van der Waals surface area (Å²) < 4.78 is 9.46. The SMILES string of the molecule is c1ccc(-c2ccccc2-c2ccc(N(c3cccc(-c4nc5c6ccc(N(c7ccccc7)c7ccccc7)cc6c6ccccc6c5o4)c3)c3ccc4sc5ccccc5c4c3)cc2)cc1. The molecular weight excluding hydrogens is 847 g/mol. The van der Waals surface area contributed by atoms with Crippen molar-refractivity contribution < 1.29 is 4.42 Å². The number of para-hydroxylation sites is 2. The van der Waals surface area contributed by atoms with Crippen molar-refractivity contribution in [3.05, 3.63) is 249 Å². The predicted octanol–water partition coefficient (Wildman–Crippen LogP) is 18.4. The highest BCUT2D eigenvalue weighted by molar-refractivity contribution is 7.25. The van der Waals surface area contributed by atoms with Gasteiger partial charge in [-0.1, -0.05) is 152 Å². The summed E-state index contributed by atoms with van der Waals surface area (Å²) in [5.41, 5.74) is 13.7. The van der Waals surface area contributed by atoms with Crippen molar-refractivity contribution in [3.63, 3.8) is 0 Å². The number of aromatic nitrogens is 1. The van der Waals surface area contributed by atoms with Gasteiger partial charge in [0.05, 0.1) is 0 Å². The Hall–Kier alpha value is -8.77. The van der Waals surface area contributed by atoms with Gasteiger partial charge in [0.15, 0.2) is 5.58 Å². The highest BCUT2D eigenvalue weighted by Crippen LogP contribution is 2.45. The van der Waals surface area contributed by atoms with Crippen molar-refractivity contribution in [2.24, 2.45) is 0 Å². The van der Waals surface area contributed by atoms with Crippen LogP contribution < -0.4 is 9.80 Å². The van der Waals surface area contributed by atoms with E-state index in [1.807, 2.05) is 11.3 Å². The number of benzene rings is 11. The van der Waals surface area contributed by atoms with Crippen LogP contribution in [0.4, 0.5) is 34.1 Å². The number of anilines is 6. The Labute approximate surface area is 397 Å². The molecule has 320 valence electrons. The highest BCUT2D eigenvalue weighted by Gasteiger charge is 2.21. The van der Waals surface area contributed by atoms with Crippen LogP contribution in [0.5, 0.6) is 0 Å². The number of rotatable bonds is 9. The normalized spacial score (nSPS) is 11.5. The maximum absolute atomic E-state index is 6.91. The number of thiophene rings is 1. The first-order valence-corrected chi connectivity index (χ1v) is 23.8. The van der Waals surface area contributed by atoms with Gasteiger partial charge in [0.2, 0.25) is 5.89 Å². The van der Waals surface area contributed by atoms with E-state index in [1.54, 1.807) is 0 Å². The zero-order valence-electron chi connectivity index (χ0n) is 36.8. The van der Waals surface area contributed by atoms with Gasteiger partial charge in [-0.15, -0.1) is 11.3 Å². The van der Waals surface area contributed by atoms with Gasteiger partial charge in [-0.2, -0.15) is 0 Å². The van der Waals surface area contributed by atoms with Gasteiger partial charge in [0.25, 0.3) is 0 Å². The lowest BCUT2D eigenvalue weighted by atomic mass is 9.94. The molecule has 0 saturated heterocycles. The fraction of sp³-hybridized carbons (Fsp3) is 0. The first kappa shape index (κ1) is 39.6. The van der Waals surface area contributed by atoms with Gasteiger partial charge in [-0.3, -0.25) is 0 Å². The smallest absolute Gasteiger partial charge is 0.227 e. The molecule has 0 N–H and O–H groups in total. The molecule has 0 saturated carbocycles. The molecule has 0 atom stereocenters. The molecule has 0 aliphatic carbocycles. The summed E-state index contributed by atoms with van der Waals surface area (Å²) in [6.07, 6.45) is 0. The summed E-state index contributed by atoms with van der Waals surface area (Å²) in [6.45, 7) is 0. The molecule has 0 aliphatic heterocycles. The van der Waals surface area contributed by atoms with Crippen LogP contribution in [0, 0.1) is 0 Å². The van der Waals surface area contributed by atoms with Crippen LogP contribution in [-0.2, 0) is 0 Å². The Kier molecular flexibility index (Phi) is 9.66. The first-order valence-electron chi connectivity index (χ1n) is 22.9. The lowest BCUT2D eigenvalue weighted by Crippen LogP contribution is -2.10. The van der Waals surface area contributed by atoms with Crippen molar-refractivity contribution in [1.82, 2.24) is 4.98 Å². The molecule has 13 aromatic rings. The second-order valence-electron chi connectivity index (χ2n) is 17.1. The summed E-state index contributed by atoms with van der Waals surface area (Å²) in [4.78, 5) is 10.0. The number of nitrogens with zero attached hydrogens (tertiary/aromatic N) is 3. The predicted molar refractivity (Wildman–Crippen MR) is 288 cm³/mol. The van der Waals surface area contributed by atoms with E-state index in [1.165, 1.54) is 36.9 Å². The maximum atomic E-state index is 6.91. The van der Waals surface area contributed by atoms with E-state index in [4.69, 9.17) is 9.40 Å². The van der Waals surface area contributed by atoms with Gasteiger partial charge in [-0.25, -0.2) is 4.98 Å².